The van der Waals surface area contributed by atoms with Crippen LogP contribution in [0.4, 0.5) is 0 Å². The molecular weight excluding hydrogens is 160 g/mol. The molecule has 1 aromatic rings. The minimum atomic E-state index is 0.708. The Balaban J connectivity index is 2.07. The first-order valence-corrected chi connectivity index (χ1v) is 4.70. The molecule has 2 heteroatoms. The lowest BCUT2D eigenvalue weighted by Gasteiger charge is -2.02. The summed E-state index contributed by atoms with van der Waals surface area (Å²) < 4.78 is 0. The van der Waals surface area contributed by atoms with Gasteiger partial charge in [0.2, 0.25) is 0 Å². The molecule has 0 spiro atoms. The van der Waals surface area contributed by atoms with E-state index in [0.29, 0.717) is 6.54 Å². The van der Waals surface area contributed by atoms with Gasteiger partial charge in [0.1, 0.15) is 0 Å². The van der Waals surface area contributed by atoms with Crippen molar-refractivity contribution in [3.05, 3.63) is 42.3 Å². The van der Waals surface area contributed by atoms with Gasteiger partial charge >= 0.3 is 0 Å². The van der Waals surface area contributed by atoms with E-state index in [0.717, 1.165) is 19.5 Å². The second-order valence-electron chi connectivity index (χ2n) is 2.97. The molecule has 2 nitrogen and oxygen atoms in total. The van der Waals surface area contributed by atoms with Crippen LogP contribution in [-0.4, -0.2) is 19.6 Å². The molecule has 0 aliphatic heterocycles. The lowest BCUT2D eigenvalue weighted by Crippen LogP contribution is -2.23. The molecule has 0 heterocycles. The normalized spacial score (nSPS) is 10.2. The van der Waals surface area contributed by atoms with Crippen LogP contribution < -0.4 is 11.1 Å². The molecule has 13 heavy (non-hydrogen) atoms. The predicted octanol–water partition coefficient (Wildman–Crippen LogP) is 0.982. The molecule has 3 N–H and O–H groups in total. The topological polar surface area (TPSA) is 38.0 Å². The zero-order valence-electron chi connectivity index (χ0n) is 7.87. The maximum absolute atomic E-state index is 5.35. The summed E-state index contributed by atoms with van der Waals surface area (Å²) >= 11 is 0. The second-order valence-corrected chi connectivity index (χ2v) is 2.97. The van der Waals surface area contributed by atoms with Crippen molar-refractivity contribution in [2.24, 2.45) is 5.73 Å². The highest BCUT2D eigenvalue weighted by atomic mass is 14.9. The molecule has 1 aromatic carbocycles. The van der Waals surface area contributed by atoms with Gasteiger partial charge in [0, 0.05) is 13.1 Å². The van der Waals surface area contributed by atoms with E-state index in [1.165, 1.54) is 5.56 Å². The third-order valence-corrected chi connectivity index (χ3v) is 1.83. The van der Waals surface area contributed by atoms with E-state index in [2.05, 4.69) is 36.0 Å². The number of benzene rings is 1. The molecule has 1 radical (unpaired) electrons. The maximum Gasteiger partial charge on any atom is 0.00746 e. The monoisotopic (exact) mass is 177 g/mol. The van der Waals surface area contributed by atoms with Crippen molar-refractivity contribution >= 4 is 0 Å². The van der Waals surface area contributed by atoms with E-state index in [9.17, 15) is 0 Å². The predicted molar refractivity (Wildman–Crippen MR) is 56.4 cm³/mol. The zero-order valence-corrected chi connectivity index (χ0v) is 7.87. The number of hydrogen-bond donors (Lipinski definition) is 2. The van der Waals surface area contributed by atoms with Crippen LogP contribution in [0.1, 0.15) is 5.56 Å². The average Bonchev–Trinajstić information content (AvgIpc) is 2.19. The highest BCUT2D eigenvalue weighted by molar-refractivity contribution is 5.16. The summed E-state index contributed by atoms with van der Waals surface area (Å²) in [6.45, 7) is 2.54. The van der Waals surface area contributed by atoms with Gasteiger partial charge in [0.05, 0.1) is 0 Å². The van der Waals surface area contributed by atoms with Gasteiger partial charge in [0.25, 0.3) is 0 Å². The van der Waals surface area contributed by atoms with E-state index < -0.39 is 0 Å². The van der Waals surface area contributed by atoms with Crippen LogP contribution in [0.25, 0.3) is 0 Å². The van der Waals surface area contributed by atoms with E-state index in [1.54, 1.807) is 0 Å². The Morgan fingerprint density at radius 1 is 1.23 bits per heavy atom. The van der Waals surface area contributed by atoms with Crippen LogP contribution >= 0.6 is 0 Å². The summed E-state index contributed by atoms with van der Waals surface area (Å²) in [5.41, 5.74) is 6.70. The Labute approximate surface area is 80.1 Å². The standard InChI is InChI=1S/C11H17N2/c12-8-10-13-9-4-7-11-5-2-1-3-6-11/h1-6,13H,7-10,12H2. The lowest BCUT2D eigenvalue weighted by atomic mass is 10.1. The van der Waals surface area contributed by atoms with Crippen molar-refractivity contribution in [3.63, 3.8) is 0 Å². The van der Waals surface area contributed by atoms with Gasteiger partial charge in [-0.25, -0.2) is 0 Å². The van der Waals surface area contributed by atoms with Gasteiger partial charge in [-0.1, -0.05) is 30.3 Å². The van der Waals surface area contributed by atoms with Crippen LogP contribution in [0, 0.1) is 6.42 Å². The summed E-state index contributed by atoms with van der Waals surface area (Å²) in [4.78, 5) is 0. The summed E-state index contributed by atoms with van der Waals surface area (Å²) in [7, 11) is 0. The van der Waals surface area contributed by atoms with Crippen molar-refractivity contribution in [1.29, 1.82) is 0 Å². The summed E-state index contributed by atoms with van der Waals surface area (Å²) in [6, 6.07) is 10.4. The molecule has 71 valence electrons. The largest absolute Gasteiger partial charge is 0.329 e. The Morgan fingerprint density at radius 3 is 2.69 bits per heavy atom. The number of nitrogens with two attached hydrogens (primary N) is 1. The van der Waals surface area contributed by atoms with Crippen LogP contribution in [0.15, 0.2) is 30.3 Å². The van der Waals surface area contributed by atoms with Gasteiger partial charge in [0.15, 0.2) is 0 Å². The minimum absolute atomic E-state index is 0.708. The summed E-state index contributed by atoms with van der Waals surface area (Å²) in [5, 5.41) is 3.22. The van der Waals surface area contributed by atoms with Crippen LogP contribution in [-0.2, 0) is 6.42 Å². The zero-order chi connectivity index (χ0) is 9.36. The molecule has 0 amide bonds. The molecule has 0 aliphatic rings. The van der Waals surface area contributed by atoms with Crippen LogP contribution in [0.2, 0.25) is 0 Å². The highest BCUT2D eigenvalue weighted by Crippen LogP contribution is 2.00. The van der Waals surface area contributed by atoms with Gasteiger partial charge in [-0.15, -0.1) is 0 Å². The molecule has 1 rings (SSSR count). The first-order chi connectivity index (χ1) is 6.43. The average molecular weight is 177 g/mol. The molecule has 0 aromatic heterocycles. The Bertz CT molecular complexity index is 209. The Morgan fingerprint density at radius 2 is 2.00 bits per heavy atom. The third kappa shape index (κ3) is 4.65. The molecule has 0 unspecified atom stereocenters. The fourth-order valence-corrected chi connectivity index (χ4v) is 1.16. The van der Waals surface area contributed by atoms with Gasteiger partial charge in [-0.3, -0.25) is 0 Å². The highest BCUT2D eigenvalue weighted by Gasteiger charge is 1.91. The van der Waals surface area contributed by atoms with Crippen LogP contribution in [0.5, 0.6) is 0 Å². The van der Waals surface area contributed by atoms with Crippen molar-refractivity contribution < 1.29 is 0 Å². The Kier molecular flexibility index (Phi) is 5.22. The van der Waals surface area contributed by atoms with Crippen molar-refractivity contribution in [1.82, 2.24) is 5.32 Å². The molecule has 0 bridgehead atoms. The molecular formula is C11H17N2. The maximum atomic E-state index is 5.35. The summed E-state index contributed by atoms with van der Waals surface area (Å²) in [5.74, 6) is 0. The van der Waals surface area contributed by atoms with Gasteiger partial charge < -0.3 is 11.1 Å². The van der Waals surface area contributed by atoms with Crippen molar-refractivity contribution in [2.45, 2.75) is 6.42 Å². The SMILES string of the molecule is NCCNC[CH]Cc1ccccc1. The first kappa shape index (κ1) is 10.2. The van der Waals surface area contributed by atoms with Gasteiger partial charge in [-0.05, 0) is 24.9 Å². The molecule has 0 fully saturated rings. The van der Waals surface area contributed by atoms with E-state index in [1.807, 2.05) is 6.07 Å². The second kappa shape index (κ2) is 6.63. The fourth-order valence-electron chi connectivity index (χ4n) is 1.16. The minimum Gasteiger partial charge on any atom is -0.329 e. The van der Waals surface area contributed by atoms with E-state index in [4.69, 9.17) is 5.73 Å². The van der Waals surface area contributed by atoms with Crippen molar-refractivity contribution in [3.8, 4) is 0 Å². The molecule has 0 saturated heterocycles. The van der Waals surface area contributed by atoms with E-state index >= 15 is 0 Å². The fraction of sp³-hybridized carbons (Fsp3) is 0.364. The third-order valence-electron chi connectivity index (χ3n) is 1.83. The lowest BCUT2D eigenvalue weighted by molar-refractivity contribution is 0.724. The first-order valence-electron chi connectivity index (χ1n) is 4.70. The number of rotatable bonds is 6. The van der Waals surface area contributed by atoms with Crippen molar-refractivity contribution in [2.75, 3.05) is 19.6 Å². The Hall–Kier alpha value is -0.860. The summed E-state index contributed by atoms with van der Waals surface area (Å²) in [6.07, 6.45) is 3.25. The molecule has 0 aliphatic carbocycles. The van der Waals surface area contributed by atoms with Crippen LogP contribution in [0.3, 0.4) is 0 Å². The van der Waals surface area contributed by atoms with Gasteiger partial charge in [-0.2, -0.15) is 0 Å². The number of hydrogen-bond acceptors (Lipinski definition) is 2. The quantitative estimate of drug-likeness (QED) is 0.636. The van der Waals surface area contributed by atoms with E-state index in [-0.39, 0.29) is 0 Å². The smallest absolute Gasteiger partial charge is 0.00746 e. The molecule has 0 atom stereocenters. The number of nitrogens with one attached hydrogen (secondary N) is 1. The molecule has 0 saturated carbocycles.